The van der Waals surface area contributed by atoms with Gasteiger partial charge < -0.3 is 10.2 Å². The number of sulfonamides is 1. The van der Waals surface area contributed by atoms with Crippen LogP contribution in [0.2, 0.25) is 10.0 Å². The van der Waals surface area contributed by atoms with Crippen LogP contribution in [0.4, 0.5) is 5.69 Å². The Morgan fingerprint density at radius 3 is 2.13 bits per heavy atom. The number of carbonyl (C=O) groups is 2. The van der Waals surface area contributed by atoms with E-state index in [0.717, 1.165) is 9.87 Å². The highest BCUT2D eigenvalue weighted by Crippen LogP contribution is 2.29. The quantitative estimate of drug-likeness (QED) is 0.340. The molecule has 0 saturated heterocycles. The topological polar surface area (TPSA) is 86.8 Å². The largest absolute Gasteiger partial charge is 0.350 e. The Labute approximate surface area is 240 Å². The lowest BCUT2D eigenvalue weighted by molar-refractivity contribution is -0.140. The van der Waals surface area contributed by atoms with Crippen molar-refractivity contribution in [1.29, 1.82) is 0 Å². The second kappa shape index (κ2) is 12.4. The average molecular weight is 591 g/mol. The molecule has 0 fully saturated rings. The van der Waals surface area contributed by atoms with Crippen molar-refractivity contribution in [2.45, 2.75) is 57.6 Å². The molecule has 1 N–H and O–H groups in total. The molecule has 0 heterocycles. The summed E-state index contributed by atoms with van der Waals surface area (Å²) < 4.78 is 28.6. The molecule has 3 rings (SSSR count). The van der Waals surface area contributed by atoms with Crippen LogP contribution < -0.4 is 9.62 Å². The monoisotopic (exact) mass is 589 g/mol. The van der Waals surface area contributed by atoms with Crippen molar-refractivity contribution in [3.63, 3.8) is 0 Å². The van der Waals surface area contributed by atoms with Gasteiger partial charge in [0, 0.05) is 22.1 Å². The summed E-state index contributed by atoms with van der Waals surface area (Å²) in [6.07, 6.45) is 0. The van der Waals surface area contributed by atoms with Crippen LogP contribution in [0.25, 0.3) is 0 Å². The van der Waals surface area contributed by atoms with Crippen molar-refractivity contribution >= 4 is 50.7 Å². The standard InChI is InChI=1S/C29H33Cl2N3O4S/c1-20-15-16-23(17-26(20)31)34(39(37,38)24-12-7-6-8-13-24)19-27(35)33(18-22-11-9-10-14-25(22)30)21(2)28(36)32-29(3,4)5/h6-17,21H,18-19H2,1-5H3,(H,32,36)/t21-/m0/s1. The molecule has 0 aromatic heterocycles. The first-order valence-corrected chi connectivity index (χ1v) is 14.6. The number of nitrogens with zero attached hydrogens (tertiary/aromatic N) is 2. The number of hydrogen-bond acceptors (Lipinski definition) is 4. The number of anilines is 1. The van der Waals surface area contributed by atoms with Gasteiger partial charge in [0.15, 0.2) is 0 Å². The number of carbonyl (C=O) groups excluding carboxylic acids is 2. The van der Waals surface area contributed by atoms with E-state index in [9.17, 15) is 18.0 Å². The molecule has 208 valence electrons. The molecule has 0 aliphatic rings. The van der Waals surface area contributed by atoms with Gasteiger partial charge in [0.1, 0.15) is 12.6 Å². The number of halogens is 2. The van der Waals surface area contributed by atoms with Crippen molar-refractivity contribution < 1.29 is 18.0 Å². The average Bonchev–Trinajstić information content (AvgIpc) is 2.87. The zero-order chi connectivity index (χ0) is 29.0. The highest BCUT2D eigenvalue weighted by atomic mass is 35.5. The molecule has 0 aliphatic heterocycles. The highest BCUT2D eigenvalue weighted by Gasteiger charge is 2.33. The maximum atomic E-state index is 13.9. The van der Waals surface area contributed by atoms with E-state index >= 15 is 0 Å². The summed E-state index contributed by atoms with van der Waals surface area (Å²) in [6, 6.07) is 18.7. The minimum Gasteiger partial charge on any atom is -0.350 e. The van der Waals surface area contributed by atoms with Crippen LogP contribution in [0.15, 0.2) is 77.7 Å². The highest BCUT2D eigenvalue weighted by molar-refractivity contribution is 7.92. The summed E-state index contributed by atoms with van der Waals surface area (Å²) in [6.45, 7) is 8.37. The molecule has 0 unspecified atom stereocenters. The van der Waals surface area contributed by atoms with E-state index in [1.165, 1.54) is 23.1 Å². The molecule has 1 atom stereocenters. The molecule has 39 heavy (non-hydrogen) atoms. The lowest BCUT2D eigenvalue weighted by atomic mass is 10.1. The molecule has 2 amide bonds. The smallest absolute Gasteiger partial charge is 0.264 e. The first kappa shape index (κ1) is 30.5. The van der Waals surface area contributed by atoms with Gasteiger partial charge in [-0.05, 0) is 76.1 Å². The lowest BCUT2D eigenvalue weighted by Crippen LogP contribution is -2.54. The SMILES string of the molecule is Cc1ccc(N(CC(=O)N(Cc2ccccc2Cl)[C@@H](C)C(=O)NC(C)(C)C)S(=O)(=O)c2ccccc2)cc1Cl. The minimum absolute atomic E-state index is 0.00507. The Kier molecular flexibility index (Phi) is 9.69. The Balaban J connectivity index is 2.06. The zero-order valence-corrected chi connectivity index (χ0v) is 24.9. The summed E-state index contributed by atoms with van der Waals surface area (Å²) in [5, 5.41) is 3.68. The summed E-state index contributed by atoms with van der Waals surface area (Å²) in [4.78, 5) is 28.5. The maximum Gasteiger partial charge on any atom is 0.264 e. The van der Waals surface area contributed by atoms with Gasteiger partial charge in [0.25, 0.3) is 10.0 Å². The van der Waals surface area contributed by atoms with Crippen molar-refractivity contribution in [3.8, 4) is 0 Å². The summed E-state index contributed by atoms with van der Waals surface area (Å²) in [5.41, 5.74) is 1.08. The van der Waals surface area contributed by atoms with Gasteiger partial charge in [0.05, 0.1) is 10.6 Å². The molecular formula is C29H33Cl2N3O4S. The molecule has 7 nitrogen and oxygen atoms in total. The summed E-state index contributed by atoms with van der Waals surface area (Å²) in [5.74, 6) is -0.957. The molecule has 0 radical (unpaired) electrons. The third kappa shape index (κ3) is 7.75. The van der Waals surface area contributed by atoms with E-state index in [4.69, 9.17) is 23.2 Å². The molecule has 0 bridgehead atoms. The second-order valence-electron chi connectivity index (χ2n) is 10.3. The van der Waals surface area contributed by atoms with Gasteiger partial charge in [-0.1, -0.05) is 65.7 Å². The Morgan fingerprint density at radius 2 is 1.54 bits per heavy atom. The van der Waals surface area contributed by atoms with E-state index in [1.807, 2.05) is 20.8 Å². The fourth-order valence-corrected chi connectivity index (χ4v) is 5.65. The molecule has 3 aromatic carbocycles. The van der Waals surface area contributed by atoms with Gasteiger partial charge in [-0.3, -0.25) is 13.9 Å². The normalized spacial score (nSPS) is 12.5. The van der Waals surface area contributed by atoms with E-state index in [1.54, 1.807) is 68.4 Å². The number of rotatable bonds is 9. The van der Waals surface area contributed by atoms with Gasteiger partial charge in [-0.25, -0.2) is 8.42 Å². The van der Waals surface area contributed by atoms with Crippen LogP contribution >= 0.6 is 23.2 Å². The van der Waals surface area contributed by atoms with E-state index in [0.29, 0.717) is 15.6 Å². The van der Waals surface area contributed by atoms with Crippen molar-refractivity contribution in [3.05, 3.63) is 94.0 Å². The van der Waals surface area contributed by atoms with E-state index in [2.05, 4.69) is 5.32 Å². The van der Waals surface area contributed by atoms with Gasteiger partial charge in [-0.2, -0.15) is 0 Å². The molecule has 0 aliphatic carbocycles. The van der Waals surface area contributed by atoms with Crippen LogP contribution in [-0.2, 0) is 26.2 Å². The number of nitrogens with one attached hydrogen (secondary N) is 1. The Bertz CT molecular complexity index is 1440. The van der Waals surface area contributed by atoms with Gasteiger partial charge in [-0.15, -0.1) is 0 Å². The number of aryl methyl sites for hydroxylation is 1. The third-order valence-corrected chi connectivity index (χ3v) is 8.58. The van der Waals surface area contributed by atoms with Gasteiger partial charge in [0.2, 0.25) is 11.8 Å². The predicted molar refractivity (Wildman–Crippen MR) is 157 cm³/mol. The fourth-order valence-electron chi connectivity index (χ4n) is 3.85. The van der Waals surface area contributed by atoms with E-state index < -0.39 is 34.1 Å². The fraction of sp³-hybridized carbons (Fsp3) is 0.310. The Morgan fingerprint density at radius 1 is 0.923 bits per heavy atom. The zero-order valence-electron chi connectivity index (χ0n) is 22.6. The third-order valence-electron chi connectivity index (χ3n) is 6.02. The lowest BCUT2D eigenvalue weighted by Gasteiger charge is -2.33. The van der Waals surface area contributed by atoms with Crippen molar-refractivity contribution in [2.24, 2.45) is 0 Å². The minimum atomic E-state index is -4.17. The van der Waals surface area contributed by atoms with Crippen molar-refractivity contribution in [1.82, 2.24) is 10.2 Å². The van der Waals surface area contributed by atoms with Crippen LogP contribution in [0.1, 0.15) is 38.8 Å². The van der Waals surface area contributed by atoms with Gasteiger partial charge >= 0.3 is 0 Å². The summed E-state index contributed by atoms with van der Waals surface area (Å²) in [7, 11) is -4.17. The predicted octanol–water partition coefficient (Wildman–Crippen LogP) is 5.83. The van der Waals surface area contributed by atoms with Crippen LogP contribution in [-0.4, -0.2) is 43.3 Å². The molecule has 3 aromatic rings. The van der Waals surface area contributed by atoms with Crippen molar-refractivity contribution in [2.75, 3.05) is 10.8 Å². The molecule has 10 heteroatoms. The van der Waals surface area contributed by atoms with Crippen LogP contribution in [0, 0.1) is 6.92 Å². The first-order chi connectivity index (χ1) is 18.2. The number of benzene rings is 3. The molecule has 0 saturated carbocycles. The van der Waals surface area contributed by atoms with E-state index in [-0.39, 0.29) is 23.0 Å². The number of amides is 2. The maximum absolute atomic E-state index is 13.9. The van der Waals surface area contributed by atoms with Crippen LogP contribution in [0.3, 0.4) is 0 Å². The first-order valence-electron chi connectivity index (χ1n) is 12.4. The van der Waals surface area contributed by atoms with Crippen LogP contribution in [0.5, 0.6) is 0 Å². The Hall–Kier alpha value is -3.07. The summed E-state index contributed by atoms with van der Waals surface area (Å²) >= 11 is 12.7. The number of hydrogen-bond donors (Lipinski definition) is 1. The second-order valence-corrected chi connectivity index (χ2v) is 13.0. The molecule has 0 spiro atoms. The molecular weight excluding hydrogens is 557 g/mol.